The first-order valence-corrected chi connectivity index (χ1v) is 6.94. The van der Waals surface area contributed by atoms with Gasteiger partial charge in [-0.2, -0.15) is 0 Å². The molecule has 0 amide bonds. The summed E-state index contributed by atoms with van der Waals surface area (Å²) in [6.07, 6.45) is 3.67. The molecule has 0 saturated carbocycles. The minimum Gasteiger partial charge on any atom is -0.398 e. The Morgan fingerprint density at radius 3 is 2.76 bits per heavy atom. The predicted octanol–water partition coefficient (Wildman–Crippen LogP) is 2.84. The number of benzene rings is 1. The lowest BCUT2D eigenvalue weighted by atomic mass is 10.1. The van der Waals surface area contributed by atoms with Crippen molar-refractivity contribution >= 4 is 16.6 Å². The summed E-state index contributed by atoms with van der Waals surface area (Å²) in [6, 6.07) is 14.0. The summed E-state index contributed by atoms with van der Waals surface area (Å²) >= 11 is 0. The molecule has 0 atom stereocenters. The van der Waals surface area contributed by atoms with E-state index in [0.29, 0.717) is 0 Å². The van der Waals surface area contributed by atoms with Crippen LogP contribution in [0.2, 0.25) is 0 Å². The summed E-state index contributed by atoms with van der Waals surface area (Å²) in [5, 5.41) is 1.01. The second-order valence-corrected chi connectivity index (χ2v) is 5.25. The zero-order valence-electron chi connectivity index (χ0n) is 12.0. The molecular formula is C17H18N4. The SMILES string of the molecule is CN(Cc1cccnc1)Cc1cc(N)c2ccccc2n1. The Bertz CT molecular complexity index is 740. The lowest BCUT2D eigenvalue weighted by Gasteiger charge is -2.16. The lowest BCUT2D eigenvalue weighted by molar-refractivity contribution is 0.315. The van der Waals surface area contributed by atoms with Gasteiger partial charge in [0.15, 0.2) is 0 Å². The minimum atomic E-state index is 0.754. The van der Waals surface area contributed by atoms with Gasteiger partial charge in [0.25, 0.3) is 0 Å². The van der Waals surface area contributed by atoms with Gasteiger partial charge in [0.2, 0.25) is 0 Å². The van der Waals surface area contributed by atoms with Gasteiger partial charge >= 0.3 is 0 Å². The molecule has 2 heterocycles. The van der Waals surface area contributed by atoms with Gasteiger partial charge in [-0.3, -0.25) is 14.9 Å². The van der Waals surface area contributed by atoms with Crippen molar-refractivity contribution in [1.82, 2.24) is 14.9 Å². The largest absolute Gasteiger partial charge is 0.398 e. The van der Waals surface area contributed by atoms with E-state index in [-0.39, 0.29) is 0 Å². The van der Waals surface area contributed by atoms with Crippen LogP contribution in [0.1, 0.15) is 11.3 Å². The average Bonchev–Trinajstić information content (AvgIpc) is 2.48. The molecule has 3 aromatic rings. The van der Waals surface area contributed by atoms with E-state index in [2.05, 4.69) is 28.0 Å². The number of anilines is 1. The van der Waals surface area contributed by atoms with Gasteiger partial charge in [-0.25, -0.2) is 0 Å². The zero-order valence-corrected chi connectivity index (χ0v) is 12.0. The normalized spacial score (nSPS) is 11.1. The molecule has 21 heavy (non-hydrogen) atoms. The van der Waals surface area contributed by atoms with Crippen LogP contribution in [-0.4, -0.2) is 21.9 Å². The summed E-state index contributed by atoms with van der Waals surface area (Å²) in [7, 11) is 2.07. The van der Waals surface area contributed by atoms with E-state index in [1.54, 1.807) is 6.20 Å². The van der Waals surface area contributed by atoms with E-state index >= 15 is 0 Å². The molecule has 2 N–H and O–H groups in total. The highest BCUT2D eigenvalue weighted by Gasteiger charge is 2.06. The van der Waals surface area contributed by atoms with Gasteiger partial charge in [0, 0.05) is 36.6 Å². The number of hydrogen-bond donors (Lipinski definition) is 1. The Morgan fingerprint density at radius 2 is 1.95 bits per heavy atom. The van der Waals surface area contributed by atoms with Gasteiger partial charge in [-0.15, -0.1) is 0 Å². The van der Waals surface area contributed by atoms with Crippen LogP contribution in [0.5, 0.6) is 0 Å². The maximum absolute atomic E-state index is 6.12. The molecule has 0 aliphatic heterocycles. The van der Waals surface area contributed by atoms with Crippen LogP contribution >= 0.6 is 0 Å². The Labute approximate surface area is 124 Å². The number of aromatic nitrogens is 2. The number of nitrogen functional groups attached to an aromatic ring is 1. The van der Waals surface area contributed by atoms with Crippen LogP contribution in [0.4, 0.5) is 5.69 Å². The van der Waals surface area contributed by atoms with Crippen molar-refractivity contribution in [3.8, 4) is 0 Å². The van der Waals surface area contributed by atoms with Crippen LogP contribution < -0.4 is 5.73 Å². The molecule has 0 aliphatic carbocycles. The van der Waals surface area contributed by atoms with E-state index < -0.39 is 0 Å². The quantitative estimate of drug-likeness (QED) is 0.797. The maximum Gasteiger partial charge on any atom is 0.0726 e. The average molecular weight is 278 g/mol. The highest BCUT2D eigenvalue weighted by molar-refractivity contribution is 5.90. The second kappa shape index (κ2) is 5.89. The van der Waals surface area contributed by atoms with Gasteiger partial charge in [0.1, 0.15) is 0 Å². The first kappa shape index (κ1) is 13.5. The Hall–Kier alpha value is -2.46. The Morgan fingerprint density at radius 1 is 1.10 bits per heavy atom. The summed E-state index contributed by atoms with van der Waals surface area (Å²) < 4.78 is 0. The zero-order chi connectivity index (χ0) is 14.7. The van der Waals surface area contributed by atoms with Crippen molar-refractivity contribution in [2.45, 2.75) is 13.1 Å². The molecular weight excluding hydrogens is 260 g/mol. The summed E-state index contributed by atoms with van der Waals surface area (Å²) in [4.78, 5) is 11.0. The molecule has 0 bridgehead atoms. The lowest BCUT2D eigenvalue weighted by Crippen LogP contribution is -2.18. The van der Waals surface area contributed by atoms with Crippen LogP contribution in [0.15, 0.2) is 54.9 Å². The minimum absolute atomic E-state index is 0.754. The Balaban J connectivity index is 1.78. The van der Waals surface area contributed by atoms with Crippen molar-refractivity contribution in [3.63, 3.8) is 0 Å². The third-order valence-electron chi connectivity index (χ3n) is 3.41. The number of pyridine rings is 2. The molecule has 4 heteroatoms. The molecule has 4 nitrogen and oxygen atoms in total. The molecule has 0 fully saturated rings. The van der Waals surface area contributed by atoms with Gasteiger partial charge in [0.05, 0.1) is 11.2 Å². The summed E-state index contributed by atoms with van der Waals surface area (Å²) in [5.74, 6) is 0. The highest BCUT2D eigenvalue weighted by atomic mass is 15.1. The van der Waals surface area contributed by atoms with Crippen LogP contribution in [0.3, 0.4) is 0 Å². The van der Waals surface area contributed by atoms with E-state index in [1.165, 1.54) is 5.56 Å². The molecule has 2 aromatic heterocycles. The first-order valence-electron chi connectivity index (χ1n) is 6.94. The fourth-order valence-electron chi connectivity index (χ4n) is 2.48. The van der Waals surface area contributed by atoms with Crippen molar-refractivity contribution in [3.05, 3.63) is 66.1 Å². The van der Waals surface area contributed by atoms with Crippen LogP contribution in [0, 0.1) is 0 Å². The van der Waals surface area contributed by atoms with Gasteiger partial charge in [-0.1, -0.05) is 24.3 Å². The van der Waals surface area contributed by atoms with Crippen LogP contribution in [-0.2, 0) is 13.1 Å². The highest BCUT2D eigenvalue weighted by Crippen LogP contribution is 2.20. The predicted molar refractivity (Wildman–Crippen MR) is 85.6 cm³/mol. The van der Waals surface area contributed by atoms with E-state index in [4.69, 9.17) is 5.73 Å². The number of rotatable bonds is 4. The van der Waals surface area contributed by atoms with Crippen molar-refractivity contribution in [2.24, 2.45) is 0 Å². The van der Waals surface area contributed by atoms with Crippen molar-refractivity contribution < 1.29 is 0 Å². The fraction of sp³-hybridized carbons (Fsp3) is 0.176. The Kier molecular flexibility index (Phi) is 3.79. The third-order valence-corrected chi connectivity index (χ3v) is 3.41. The molecule has 0 saturated heterocycles. The van der Waals surface area contributed by atoms with E-state index in [0.717, 1.165) is 35.4 Å². The molecule has 1 aromatic carbocycles. The van der Waals surface area contributed by atoms with E-state index in [1.807, 2.05) is 42.6 Å². The molecule has 3 rings (SSSR count). The molecule has 0 spiro atoms. The monoisotopic (exact) mass is 278 g/mol. The van der Waals surface area contributed by atoms with E-state index in [9.17, 15) is 0 Å². The molecule has 0 radical (unpaired) electrons. The number of nitrogens with two attached hydrogens (primary N) is 1. The summed E-state index contributed by atoms with van der Waals surface area (Å²) in [5.41, 5.74) is 10.0. The number of fused-ring (bicyclic) bond motifs is 1. The van der Waals surface area contributed by atoms with Gasteiger partial charge in [-0.05, 0) is 30.8 Å². The topological polar surface area (TPSA) is 55.0 Å². The number of hydrogen-bond acceptors (Lipinski definition) is 4. The fourth-order valence-corrected chi connectivity index (χ4v) is 2.48. The number of nitrogens with zero attached hydrogens (tertiary/aromatic N) is 3. The number of para-hydroxylation sites is 1. The molecule has 106 valence electrons. The maximum atomic E-state index is 6.12. The summed E-state index contributed by atoms with van der Waals surface area (Å²) in [6.45, 7) is 1.59. The van der Waals surface area contributed by atoms with Gasteiger partial charge < -0.3 is 5.73 Å². The second-order valence-electron chi connectivity index (χ2n) is 5.25. The third kappa shape index (κ3) is 3.17. The standard InChI is InChI=1S/C17H18N4/c1-21(11-13-5-4-8-19-10-13)12-14-9-16(18)15-6-2-3-7-17(15)20-14/h2-10H,11-12H2,1H3,(H2,18,20). The molecule has 0 unspecified atom stereocenters. The smallest absolute Gasteiger partial charge is 0.0726 e. The van der Waals surface area contributed by atoms with Crippen molar-refractivity contribution in [2.75, 3.05) is 12.8 Å². The van der Waals surface area contributed by atoms with Crippen LogP contribution in [0.25, 0.3) is 10.9 Å². The first-order chi connectivity index (χ1) is 10.2. The molecule has 0 aliphatic rings. The van der Waals surface area contributed by atoms with Crippen molar-refractivity contribution in [1.29, 1.82) is 0 Å².